The zero-order valence-corrected chi connectivity index (χ0v) is 20.0. The van der Waals surface area contributed by atoms with Gasteiger partial charge in [-0.25, -0.2) is 4.68 Å². The standard InChI is InChI=1S/C27H34N4O2/c1-19(2)26-24(17-29-31(26)22-12-10-20(3)11-13-22)27(32)28-18-25(30-14-5-6-15-30)21-8-7-9-23(16-21)33-4/h7-13,16-17,19,25H,5-6,14-15,18H2,1-4H3,(H,28,32). The maximum atomic E-state index is 13.3. The quantitative estimate of drug-likeness (QED) is 0.536. The average molecular weight is 447 g/mol. The number of nitrogens with one attached hydrogen (secondary N) is 1. The molecule has 1 amide bonds. The number of hydrogen-bond donors (Lipinski definition) is 1. The van der Waals surface area contributed by atoms with E-state index >= 15 is 0 Å². The number of aromatic nitrogens is 2. The summed E-state index contributed by atoms with van der Waals surface area (Å²) in [6, 6.07) is 16.5. The maximum absolute atomic E-state index is 13.3. The van der Waals surface area contributed by atoms with E-state index in [-0.39, 0.29) is 17.9 Å². The first kappa shape index (κ1) is 23.1. The smallest absolute Gasteiger partial charge is 0.254 e. The molecule has 4 rings (SSSR count). The van der Waals surface area contributed by atoms with Crippen LogP contribution in [0.15, 0.2) is 54.7 Å². The zero-order valence-electron chi connectivity index (χ0n) is 20.0. The average Bonchev–Trinajstić information content (AvgIpc) is 3.50. The van der Waals surface area contributed by atoms with E-state index in [0.717, 1.165) is 35.8 Å². The van der Waals surface area contributed by atoms with Gasteiger partial charge >= 0.3 is 0 Å². The highest BCUT2D eigenvalue weighted by Crippen LogP contribution is 2.28. The van der Waals surface area contributed by atoms with Crippen LogP contribution in [0.2, 0.25) is 0 Å². The lowest BCUT2D eigenvalue weighted by atomic mass is 10.0. The molecular formula is C27H34N4O2. The lowest BCUT2D eigenvalue weighted by Crippen LogP contribution is -2.37. The van der Waals surface area contributed by atoms with E-state index in [1.807, 2.05) is 28.9 Å². The van der Waals surface area contributed by atoms with E-state index in [1.54, 1.807) is 13.3 Å². The second-order valence-electron chi connectivity index (χ2n) is 9.09. The van der Waals surface area contributed by atoms with E-state index in [9.17, 15) is 4.79 Å². The molecule has 174 valence electrons. The Balaban J connectivity index is 1.57. The largest absolute Gasteiger partial charge is 0.497 e. The number of hydrogen-bond acceptors (Lipinski definition) is 4. The van der Waals surface area contributed by atoms with Gasteiger partial charge in [0.25, 0.3) is 5.91 Å². The van der Waals surface area contributed by atoms with E-state index in [1.165, 1.54) is 18.4 Å². The first-order valence-corrected chi connectivity index (χ1v) is 11.8. The van der Waals surface area contributed by atoms with Crippen molar-refractivity contribution in [2.24, 2.45) is 0 Å². The number of likely N-dealkylation sites (tertiary alicyclic amines) is 1. The molecule has 3 aromatic rings. The van der Waals surface area contributed by atoms with Gasteiger partial charge in [0.1, 0.15) is 5.75 Å². The fourth-order valence-corrected chi connectivity index (χ4v) is 4.62. The third-order valence-corrected chi connectivity index (χ3v) is 6.39. The molecule has 1 unspecified atom stereocenters. The molecule has 1 atom stereocenters. The van der Waals surface area contributed by atoms with Crippen molar-refractivity contribution in [3.8, 4) is 11.4 Å². The van der Waals surface area contributed by atoms with Gasteiger partial charge in [0.05, 0.1) is 36.3 Å². The Hall–Kier alpha value is -3.12. The van der Waals surface area contributed by atoms with Crippen LogP contribution in [0, 0.1) is 6.92 Å². The van der Waals surface area contributed by atoms with E-state index in [0.29, 0.717) is 12.1 Å². The molecule has 1 fully saturated rings. The highest BCUT2D eigenvalue weighted by molar-refractivity contribution is 5.95. The summed E-state index contributed by atoms with van der Waals surface area (Å²) >= 11 is 0. The molecule has 1 aliphatic rings. The molecule has 6 heteroatoms. The van der Waals surface area contributed by atoms with Crippen LogP contribution in [0.1, 0.15) is 65.8 Å². The number of rotatable bonds is 8. The highest BCUT2D eigenvalue weighted by atomic mass is 16.5. The van der Waals surface area contributed by atoms with Gasteiger partial charge < -0.3 is 10.1 Å². The van der Waals surface area contributed by atoms with Gasteiger partial charge in [-0.15, -0.1) is 0 Å². The van der Waals surface area contributed by atoms with Crippen LogP contribution < -0.4 is 10.1 Å². The van der Waals surface area contributed by atoms with E-state index < -0.39 is 0 Å². The number of benzene rings is 2. The summed E-state index contributed by atoms with van der Waals surface area (Å²) in [5.41, 5.74) is 4.89. The van der Waals surface area contributed by atoms with Crippen molar-refractivity contribution in [2.45, 2.75) is 45.6 Å². The van der Waals surface area contributed by atoms with Crippen LogP contribution in [-0.4, -0.2) is 47.3 Å². The molecule has 1 N–H and O–H groups in total. The van der Waals surface area contributed by atoms with E-state index in [4.69, 9.17) is 4.74 Å². The van der Waals surface area contributed by atoms with Crippen LogP contribution in [0.3, 0.4) is 0 Å². The van der Waals surface area contributed by atoms with Gasteiger partial charge in [-0.3, -0.25) is 9.69 Å². The lowest BCUT2D eigenvalue weighted by molar-refractivity contribution is 0.0936. The van der Waals surface area contributed by atoms with Gasteiger partial charge in [-0.05, 0) is 68.6 Å². The fourth-order valence-electron chi connectivity index (χ4n) is 4.62. The van der Waals surface area contributed by atoms with Crippen molar-refractivity contribution in [1.29, 1.82) is 0 Å². The third-order valence-electron chi connectivity index (χ3n) is 6.39. The Bertz CT molecular complexity index is 1080. The Morgan fingerprint density at radius 3 is 2.52 bits per heavy atom. The minimum atomic E-state index is -0.0795. The number of nitrogens with zero attached hydrogens (tertiary/aromatic N) is 3. The molecule has 2 aromatic carbocycles. The highest BCUT2D eigenvalue weighted by Gasteiger charge is 2.26. The van der Waals surface area contributed by atoms with Crippen molar-refractivity contribution in [2.75, 3.05) is 26.7 Å². The molecule has 0 aliphatic carbocycles. The maximum Gasteiger partial charge on any atom is 0.254 e. The molecule has 1 aromatic heterocycles. The van der Waals surface area contributed by atoms with Gasteiger partial charge in [0, 0.05) is 6.54 Å². The second-order valence-corrected chi connectivity index (χ2v) is 9.09. The Morgan fingerprint density at radius 1 is 1.12 bits per heavy atom. The van der Waals surface area contributed by atoms with Crippen molar-refractivity contribution >= 4 is 5.91 Å². The van der Waals surface area contributed by atoms with Crippen LogP contribution >= 0.6 is 0 Å². The molecule has 0 radical (unpaired) electrons. The monoisotopic (exact) mass is 446 g/mol. The summed E-state index contributed by atoms with van der Waals surface area (Å²) in [6.45, 7) is 8.89. The van der Waals surface area contributed by atoms with Crippen molar-refractivity contribution in [3.05, 3.63) is 77.1 Å². The first-order chi connectivity index (χ1) is 16.0. The fraction of sp³-hybridized carbons (Fsp3) is 0.407. The molecule has 0 bridgehead atoms. The molecule has 2 heterocycles. The minimum Gasteiger partial charge on any atom is -0.497 e. The lowest BCUT2D eigenvalue weighted by Gasteiger charge is -2.28. The molecule has 1 aliphatic heterocycles. The van der Waals surface area contributed by atoms with Gasteiger partial charge in [-0.1, -0.05) is 43.7 Å². The van der Waals surface area contributed by atoms with Crippen molar-refractivity contribution < 1.29 is 9.53 Å². The SMILES string of the molecule is COc1cccc(C(CNC(=O)c2cnn(-c3ccc(C)cc3)c2C(C)C)N2CCCC2)c1. The molecule has 0 saturated carbocycles. The summed E-state index contributed by atoms with van der Waals surface area (Å²) in [5.74, 6) is 0.913. The predicted octanol–water partition coefficient (Wildman–Crippen LogP) is 4.88. The summed E-state index contributed by atoms with van der Waals surface area (Å²) in [6.07, 6.45) is 4.07. The summed E-state index contributed by atoms with van der Waals surface area (Å²) in [7, 11) is 1.69. The van der Waals surface area contributed by atoms with Crippen LogP contribution in [0.4, 0.5) is 0 Å². The molecular weight excluding hydrogens is 412 g/mol. The zero-order chi connectivity index (χ0) is 23.4. The Morgan fingerprint density at radius 2 is 1.85 bits per heavy atom. The number of aryl methyl sites for hydroxylation is 1. The number of carbonyl (C=O) groups is 1. The van der Waals surface area contributed by atoms with E-state index in [2.05, 4.69) is 60.4 Å². The van der Waals surface area contributed by atoms with Crippen LogP contribution in [0.25, 0.3) is 5.69 Å². The minimum absolute atomic E-state index is 0.0795. The predicted molar refractivity (Wildman–Crippen MR) is 131 cm³/mol. The summed E-state index contributed by atoms with van der Waals surface area (Å²) in [4.78, 5) is 15.8. The van der Waals surface area contributed by atoms with Gasteiger partial charge in [0.15, 0.2) is 0 Å². The van der Waals surface area contributed by atoms with Crippen LogP contribution in [-0.2, 0) is 0 Å². The molecule has 1 saturated heterocycles. The Labute approximate surface area is 196 Å². The summed E-state index contributed by atoms with van der Waals surface area (Å²) in [5, 5.41) is 7.78. The number of ether oxygens (including phenoxy) is 1. The molecule has 33 heavy (non-hydrogen) atoms. The number of methoxy groups -OCH3 is 1. The molecule has 0 spiro atoms. The normalized spacial score (nSPS) is 15.1. The molecule has 6 nitrogen and oxygen atoms in total. The number of amides is 1. The van der Waals surface area contributed by atoms with Crippen molar-refractivity contribution in [1.82, 2.24) is 20.0 Å². The third kappa shape index (κ3) is 5.11. The van der Waals surface area contributed by atoms with Gasteiger partial charge in [-0.2, -0.15) is 5.10 Å². The number of carbonyl (C=O) groups excluding carboxylic acids is 1. The second kappa shape index (κ2) is 10.2. The topological polar surface area (TPSA) is 59.4 Å². The van der Waals surface area contributed by atoms with Crippen LogP contribution in [0.5, 0.6) is 5.75 Å². The first-order valence-electron chi connectivity index (χ1n) is 11.8. The van der Waals surface area contributed by atoms with Crippen molar-refractivity contribution in [3.63, 3.8) is 0 Å². The van der Waals surface area contributed by atoms with Gasteiger partial charge in [0.2, 0.25) is 0 Å². The summed E-state index contributed by atoms with van der Waals surface area (Å²) < 4.78 is 7.33. The Kier molecular flexibility index (Phi) is 7.14.